The lowest BCUT2D eigenvalue weighted by atomic mass is 10.1. The van der Waals surface area contributed by atoms with E-state index >= 15 is 0 Å². The molecule has 3 aromatic rings. The summed E-state index contributed by atoms with van der Waals surface area (Å²) in [4.78, 5) is 31.4. The van der Waals surface area contributed by atoms with Crippen LogP contribution in [0.25, 0.3) is 21.6 Å². The molecule has 0 aliphatic carbocycles. The van der Waals surface area contributed by atoms with Gasteiger partial charge in [-0.1, -0.05) is 6.07 Å². The van der Waals surface area contributed by atoms with Crippen LogP contribution in [0.3, 0.4) is 0 Å². The number of fused-ring (bicyclic) bond motifs is 1. The van der Waals surface area contributed by atoms with E-state index in [1.54, 1.807) is 31.0 Å². The SMILES string of the molecule is CC(C)n1ncc2c(C(=O)OCC(=O)N(C)C)cc(-c3cccs3)nc21. The number of ether oxygens (including phenoxy) is 1. The Balaban J connectivity index is 2.05. The number of pyridine rings is 1. The molecule has 0 bridgehead atoms. The molecule has 0 saturated heterocycles. The molecule has 3 aromatic heterocycles. The standard InChI is InChI=1S/C18H20N4O3S/c1-11(2)22-17-13(9-19-22)12(18(24)25-10-16(23)21(3)4)8-14(20-17)15-6-5-7-26-15/h5-9,11H,10H2,1-4H3. The second-order valence-corrected chi connectivity index (χ2v) is 7.26. The molecule has 7 nitrogen and oxygen atoms in total. The number of hydrogen-bond acceptors (Lipinski definition) is 6. The summed E-state index contributed by atoms with van der Waals surface area (Å²) < 4.78 is 6.98. The average Bonchev–Trinajstić information content (AvgIpc) is 3.27. The van der Waals surface area contributed by atoms with Crippen molar-refractivity contribution in [2.75, 3.05) is 20.7 Å². The molecule has 3 rings (SSSR count). The number of carbonyl (C=O) groups is 2. The summed E-state index contributed by atoms with van der Waals surface area (Å²) in [6.45, 7) is 3.70. The van der Waals surface area contributed by atoms with E-state index < -0.39 is 5.97 Å². The predicted molar refractivity (Wildman–Crippen MR) is 100 cm³/mol. The first kappa shape index (κ1) is 18.1. The van der Waals surface area contributed by atoms with Gasteiger partial charge >= 0.3 is 5.97 Å². The Hall–Kier alpha value is -2.74. The second-order valence-electron chi connectivity index (χ2n) is 6.32. The van der Waals surface area contributed by atoms with Gasteiger partial charge in [-0.25, -0.2) is 14.5 Å². The lowest BCUT2D eigenvalue weighted by Crippen LogP contribution is -2.27. The molecule has 0 spiro atoms. The summed E-state index contributed by atoms with van der Waals surface area (Å²) in [6.07, 6.45) is 1.62. The zero-order valence-electron chi connectivity index (χ0n) is 15.1. The van der Waals surface area contributed by atoms with Crippen molar-refractivity contribution in [1.82, 2.24) is 19.7 Å². The Morgan fingerprint density at radius 1 is 1.35 bits per heavy atom. The van der Waals surface area contributed by atoms with Crippen molar-refractivity contribution in [2.45, 2.75) is 19.9 Å². The van der Waals surface area contributed by atoms with Gasteiger partial charge in [0, 0.05) is 20.1 Å². The molecule has 0 radical (unpaired) electrons. The molecule has 0 saturated carbocycles. The third-order valence-electron chi connectivity index (χ3n) is 3.87. The fourth-order valence-electron chi connectivity index (χ4n) is 2.45. The Morgan fingerprint density at radius 2 is 2.12 bits per heavy atom. The van der Waals surface area contributed by atoms with Crippen LogP contribution >= 0.6 is 11.3 Å². The highest BCUT2D eigenvalue weighted by atomic mass is 32.1. The summed E-state index contributed by atoms with van der Waals surface area (Å²) >= 11 is 1.54. The maximum absolute atomic E-state index is 12.6. The number of aromatic nitrogens is 3. The lowest BCUT2D eigenvalue weighted by molar-refractivity contribution is -0.131. The van der Waals surface area contributed by atoms with Crippen LogP contribution in [0.5, 0.6) is 0 Å². The van der Waals surface area contributed by atoms with Gasteiger partial charge in [0.1, 0.15) is 0 Å². The van der Waals surface area contributed by atoms with Gasteiger partial charge in [0.15, 0.2) is 12.3 Å². The van der Waals surface area contributed by atoms with Crippen molar-refractivity contribution >= 4 is 34.2 Å². The Bertz CT molecular complexity index is 945. The molecular weight excluding hydrogens is 352 g/mol. The van der Waals surface area contributed by atoms with Crippen molar-refractivity contribution in [3.05, 3.63) is 35.3 Å². The molecule has 8 heteroatoms. The van der Waals surface area contributed by atoms with E-state index in [4.69, 9.17) is 9.72 Å². The number of nitrogens with zero attached hydrogens (tertiary/aromatic N) is 4. The van der Waals surface area contributed by atoms with Crippen LogP contribution in [0.4, 0.5) is 0 Å². The highest BCUT2D eigenvalue weighted by molar-refractivity contribution is 7.13. The third kappa shape index (κ3) is 3.45. The highest BCUT2D eigenvalue weighted by Gasteiger charge is 2.20. The van der Waals surface area contributed by atoms with E-state index in [1.807, 2.05) is 31.4 Å². The molecule has 26 heavy (non-hydrogen) atoms. The number of rotatable bonds is 5. The van der Waals surface area contributed by atoms with Gasteiger partial charge in [-0.15, -0.1) is 11.3 Å². The number of thiophene rings is 1. The minimum absolute atomic E-state index is 0.0952. The van der Waals surface area contributed by atoms with Crippen molar-refractivity contribution in [1.29, 1.82) is 0 Å². The summed E-state index contributed by atoms with van der Waals surface area (Å²) in [5.41, 5.74) is 1.66. The second kappa shape index (κ2) is 7.25. The van der Waals surface area contributed by atoms with E-state index in [9.17, 15) is 9.59 Å². The van der Waals surface area contributed by atoms with E-state index in [2.05, 4.69) is 5.10 Å². The van der Waals surface area contributed by atoms with E-state index in [-0.39, 0.29) is 18.6 Å². The fraction of sp³-hybridized carbons (Fsp3) is 0.333. The summed E-state index contributed by atoms with van der Waals surface area (Å²) in [7, 11) is 3.23. The number of esters is 1. The van der Waals surface area contributed by atoms with Crippen molar-refractivity contribution in [2.24, 2.45) is 0 Å². The number of likely N-dealkylation sites (N-methyl/N-ethyl adjacent to an activating group) is 1. The molecule has 0 unspecified atom stereocenters. The monoisotopic (exact) mass is 372 g/mol. The first-order valence-electron chi connectivity index (χ1n) is 8.18. The van der Waals surface area contributed by atoms with Crippen LogP contribution in [0.15, 0.2) is 29.8 Å². The summed E-state index contributed by atoms with van der Waals surface area (Å²) in [5.74, 6) is -0.839. The van der Waals surface area contributed by atoms with Crippen molar-refractivity contribution in [3.63, 3.8) is 0 Å². The Kier molecular flexibility index (Phi) is 5.03. The van der Waals surface area contributed by atoms with Crippen molar-refractivity contribution in [3.8, 4) is 10.6 Å². The molecule has 0 fully saturated rings. The van der Waals surface area contributed by atoms with Crippen LogP contribution in [0.2, 0.25) is 0 Å². The fourth-order valence-corrected chi connectivity index (χ4v) is 3.14. The maximum atomic E-state index is 12.6. The van der Waals surface area contributed by atoms with Crippen molar-refractivity contribution < 1.29 is 14.3 Å². The number of amides is 1. The number of hydrogen-bond donors (Lipinski definition) is 0. The molecule has 0 aliphatic heterocycles. The van der Waals surface area contributed by atoms with Gasteiger partial charge in [-0.2, -0.15) is 5.10 Å². The molecule has 3 heterocycles. The first-order valence-corrected chi connectivity index (χ1v) is 9.06. The maximum Gasteiger partial charge on any atom is 0.339 e. The van der Waals surface area contributed by atoms with E-state index in [1.165, 1.54) is 16.2 Å². The topological polar surface area (TPSA) is 77.3 Å². The van der Waals surface area contributed by atoms with Gasteiger partial charge in [-0.05, 0) is 31.4 Å². The number of carbonyl (C=O) groups excluding carboxylic acids is 2. The van der Waals surface area contributed by atoms with Gasteiger partial charge in [-0.3, -0.25) is 4.79 Å². The molecule has 136 valence electrons. The molecule has 0 N–H and O–H groups in total. The smallest absolute Gasteiger partial charge is 0.339 e. The van der Waals surface area contributed by atoms with Crippen LogP contribution < -0.4 is 0 Å². The highest BCUT2D eigenvalue weighted by Crippen LogP contribution is 2.29. The largest absolute Gasteiger partial charge is 0.452 e. The van der Waals surface area contributed by atoms with Crippen LogP contribution in [-0.2, 0) is 9.53 Å². The van der Waals surface area contributed by atoms with Crippen LogP contribution in [0, 0.1) is 0 Å². The molecule has 0 aliphatic rings. The molecular formula is C18H20N4O3S. The van der Waals surface area contributed by atoms with E-state index in [0.29, 0.717) is 22.3 Å². The third-order valence-corrected chi connectivity index (χ3v) is 4.77. The van der Waals surface area contributed by atoms with Gasteiger partial charge in [0.2, 0.25) is 0 Å². The summed E-state index contributed by atoms with van der Waals surface area (Å²) in [5, 5.41) is 6.92. The average molecular weight is 372 g/mol. The predicted octanol–water partition coefficient (Wildman–Crippen LogP) is 2.99. The van der Waals surface area contributed by atoms with Crippen LogP contribution in [-0.4, -0.2) is 52.2 Å². The minimum Gasteiger partial charge on any atom is -0.452 e. The quantitative estimate of drug-likeness (QED) is 0.644. The Morgan fingerprint density at radius 3 is 2.73 bits per heavy atom. The minimum atomic E-state index is -0.561. The van der Waals surface area contributed by atoms with Gasteiger partial charge in [0.05, 0.1) is 27.7 Å². The van der Waals surface area contributed by atoms with Gasteiger partial charge < -0.3 is 9.64 Å². The molecule has 0 atom stereocenters. The first-order chi connectivity index (χ1) is 12.4. The zero-order valence-corrected chi connectivity index (χ0v) is 15.9. The molecule has 1 amide bonds. The summed E-state index contributed by atoms with van der Waals surface area (Å²) in [6, 6.07) is 5.67. The lowest BCUT2D eigenvalue weighted by Gasteiger charge is -2.12. The zero-order chi connectivity index (χ0) is 18.8. The van der Waals surface area contributed by atoms with Crippen LogP contribution in [0.1, 0.15) is 30.2 Å². The molecule has 0 aromatic carbocycles. The van der Waals surface area contributed by atoms with E-state index in [0.717, 1.165) is 4.88 Å². The normalized spacial score (nSPS) is 11.1. The Labute approximate surface area is 155 Å². The van der Waals surface area contributed by atoms with Gasteiger partial charge in [0.25, 0.3) is 5.91 Å².